The highest BCUT2D eigenvalue weighted by Gasteiger charge is 2.25. The van der Waals surface area contributed by atoms with Gasteiger partial charge in [0.25, 0.3) is 0 Å². The van der Waals surface area contributed by atoms with Gasteiger partial charge in [-0.2, -0.15) is 0 Å². The molecule has 4 heteroatoms. The van der Waals surface area contributed by atoms with Gasteiger partial charge in [0.15, 0.2) is 9.84 Å². The molecule has 0 radical (unpaired) electrons. The molecular formula is C33H37BrO2S. The minimum atomic E-state index is -3.54. The molecule has 0 aliphatic heterocycles. The van der Waals surface area contributed by atoms with E-state index in [4.69, 9.17) is 0 Å². The molecular weight excluding hydrogens is 540 g/mol. The Labute approximate surface area is 231 Å². The molecule has 0 N–H and O–H groups in total. The van der Waals surface area contributed by atoms with Crippen LogP contribution in [0.2, 0.25) is 0 Å². The highest BCUT2D eigenvalue weighted by molar-refractivity contribution is 9.10. The third-order valence-electron chi connectivity index (χ3n) is 7.80. The fourth-order valence-electron chi connectivity index (χ4n) is 5.11. The van der Waals surface area contributed by atoms with Gasteiger partial charge in [0.2, 0.25) is 0 Å². The van der Waals surface area contributed by atoms with E-state index < -0.39 is 9.84 Å². The first kappa shape index (κ1) is 27.6. The second kappa shape index (κ2) is 10.4. The van der Waals surface area contributed by atoms with Crippen LogP contribution >= 0.6 is 15.9 Å². The molecule has 0 spiro atoms. The lowest BCUT2D eigenvalue weighted by atomic mass is 9.80. The largest absolute Gasteiger partial charge is 0.223 e. The standard InChI is InChI=1S/C33H37BrO2S/c1-21-22(2)24(4)32(31(23(21)3)20-37(35,36)30-15-13-29(34)14-16-30)27-17-26(25-11-9-8-10-12-25)18-28(19-27)33(5,6)7/h8-9,11,13-19H,10,12,20H2,1-7H3. The minimum absolute atomic E-state index is 0.0295. The van der Waals surface area contributed by atoms with Gasteiger partial charge in [0.05, 0.1) is 10.6 Å². The Hall–Kier alpha value is -2.43. The number of hydrogen-bond acceptors (Lipinski definition) is 2. The van der Waals surface area contributed by atoms with E-state index in [0.29, 0.717) is 4.90 Å². The lowest BCUT2D eigenvalue weighted by Crippen LogP contribution is -2.13. The van der Waals surface area contributed by atoms with Gasteiger partial charge in [-0.3, -0.25) is 0 Å². The molecule has 2 nitrogen and oxygen atoms in total. The summed E-state index contributed by atoms with van der Waals surface area (Å²) >= 11 is 3.42. The summed E-state index contributed by atoms with van der Waals surface area (Å²) in [5, 5.41) is 0. The lowest BCUT2D eigenvalue weighted by molar-refractivity contribution is 0.590. The van der Waals surface area contributed by atoms with Crippen LogP contribution in [0.3, 0.4) is 0 Å². The molecule has 0 saturated heterocycles. The fraction of sp³-hybridized carbons (Fsp3) is 0.333. The van der Waals surface area contributed by atoms with E-state index in [-0.39, 0.29) is 11.2 Å². The van der Waals surface area contributed by atoms with Crippen LogP contribution in [-0.4, -0.2) is 8.42 Å². The van der Waals surface area contributed by atoms with Gasteiger partial charge in [-0.1, -0.05) is 67.1 Å². The molecule has 0 bridgehead atoms. The zero-order chi connectivity index (χ0) is 27.1. The van der Waals surface area contributed by atoms with Crippen molar-refractivity contribution in [2.45, 2.75) is 77.4 Å². The van der Waals surface area contributed by atoms with Gasteiger partial charge >= 0.3 is 0 Å². The van der Waals surface area contributed by atoms with Gasteiger partial charge < -0.3 is 0 Å². The van der Waals surface area contributed by atoms with E-state index in [0.717, 1.165) is 50.7 Å². The van der Waals surface area contributed by atoms with E-state index >= 15 is 0 Å². The molecule has 37 heavy (non-hydrogen) atoms. The molecule has 3 aromatic carbocycles. The molecule has 0 aromatic heterocycles. The summed E-state index contributed by atoms with van der Waals surface area (Å²) in [5.74, 6) is -0.0295. The maximum Gasteiger partial charge on any atom is 0.182 e. The Morgan fingerprint density at radius 3 is 2.05 bits per heavy atom. The normalized spacial score (nSPS) is 14.1. The summed E-state index contributed by atoms with van der Waals surface area (Å²) < 4.78 is 28.2. The van der Waals surface area contributed by atoms with Crippen molar-refractivity contribution < 1.29 is 8.42 Å². The number of halogens is 1. The number of rotatable bonds is 5. The van der Waals surface area contributed by atoms with Crippen molar-refractivity contribution in [1.29, 1.82) is 0 Å². The van der Waals surface area contributed by atoms with E-state index in [1.165, 1.54) is 22.3 Å². The molecule has 0 unspecified atom stereocenters. The summed E-state index contributed by atoms with van der Waals surface area (Å²) in [4.78, 5) is 0.347. The Balaban J connectivity index is 1.99. The Morgan fingerprint density at radius 1 is 0.838 bits per heavy atom. The molecule has 194 valence electrons. The van der Waals surface area contributed by atoms with Crippen molar-refractivity contribution in [2.75, 3.05) is 0 Å². The summed E-state index contributed by atoms with van der Waals surface area (Å²) in [5.41, 5.74) is 11.4. The molecule has 0 heterocycles. The second-order valence-corrected chi connectivity index (χ2v) is 14.2. The monoisotopic (exact) mass is 576 g/mol. The topological polar surface area (TPSA) is 34.1 Å². The summed E-state index contributed by atoms with van der Waals surface area (Å²) in [6, 6.07) is 13.8. The number of allylic oxidation sites excluding steroid dienone is 4. The van der Waals surface area contributed by atoms with E-state index in [2.05, 4.69) is 101 Å². The smallest absolute Gasteiger partial charge is 0.182 e. The molecule has 0 saturated carbocycles. The van der Waals surface area contributed by atoms with Crippen molar-refractivity contribution in [3.63, 3.8) is 0 Å². The SMILES string of the molecule is Cc1c(C)c(C)c(-c2cc(C3=CC=CCC3)cc(C(C)(C)C)c2)c(CS(=O)(=O)c2ccc(Br)cc2)c1C. The van der Waals surface area contributed by atoms with Crippen LogP contribution < -0.4 is 0 Å². The molecule has 1 aliphatic carbocycles. The predicted molar refractivity (Wildman–Crippen MR) is 161 cm³/mol. The second-order valence-electron chi connectivity index (χ2n) is 11.3. The van der Waals surface area contributed by atoms with Crippen molar-refractivity contribution in [3.05, 3.63) is 104 Å². The molecule has 3 aromatic rings. The van der Waals surface area contributed by atoms with Crippen LogP contribution in [0.5, 0.6) is 0 Å². The summed E-state index contributed by atoms with van der Waals surface area (Å²) in [6.45, 7) is 15.2. The van der Waals surface area contributed by atoms with E-state index in [1.54, 1.807) is 24.3 Å². The first-order valence-corrected chi connectivity index (χ1v) is 15.3. The van der Waals surface area contributed by atoms with E-state index in [1.807, 2.05) is 0 Å². The highest BCUT2D eigenvalue weighted by atomic mass is 79.9. The van der Waals surface area contributed by atoms with Crippen LogP contribution in [0, 0.1) is 27.7 Å². The van der Waals surface area contributed by atoms with Gasteiger partial charge in [0, 0.05) is 4.47 Å². The molecule has 4 rings (SSSR count). The third-order valence-corrected chi connectivity index (χ3v) is 9.98. The van der Waals surface area contributed by atoms with Crippen molar-refractivity contribution in [3.8, 4) is 11.1 Å². The average Bonchev–Trinajstić information content (AvgIpc) is 2.86. The number of sulfone groups is 1. The van der Waals surface area contributed by atoms with E-state index in [9.17, 15) is 8.42 Å². The highest BCUT2D eigenvalue weighted by Crippen LogP contribution is 2.40. The lowest BCUT2D eigenvalue weighted by Gasteiger charge is -2.26. The van der Waals surface area contributed by atoms with Crippen LogP contribution in [-0.2, 0) is 21.0 Å². The zero-order valence-electron chi connectivity index (χ0n) is 23.0. The fourth-order valence-corrected chi connectivity index (χ4v) is 6.83. The van der Waals surface area contributed by atoms with Gasteiger partial charge in [0.1, 0.15) is 0 Å². The molecule has 0 fully saturated rings. The summed E-state index contributed by atoms with van der Waals surface area (Å²) in [7, 11) is -3.54. The van der Waals surface area contributed by atoms with Crippen molar-refractivity contribution in [2.24, 2.45) is 0 Å². The molecule has 0 atom stereocenters. The van der Waals surface area contributed by atoms with Gasteiger partial charge in [-0.15, -0.1) is 0 Å². The zero-order valence-corrected chi connectivity index (χ0v) is 25.4. The maximum atomic E-state index is 13.7. The van der Waals surface area contributed by atoms with Crippen LogP contribution in [0.25, 0.3) is 16.7 Å². The number of hydrogen-bond donors (Lipinski definition) is 0. The quantitative estimate of drug-likeness (QED) is 0.303. The average molecular weight is 578 g/mol. The van der Waals surface area contributed by atoms with Crippen LogP contribution in [0.1, 0.15) is 72.6 Å². The van der Waals surface area contributed by atoms with Crippen molar-refractivity contribution in [1.82, 2.24) is 0 Å². The summed E-state index contributed by atoms with van der Waals surface area (Å²) in [6.07, 6.45) is 8.62. The molecule has 1 aliphatic rings. The first-order valence-electron chi connectivity index (χ1n) is 12.9. The molecule has 0 amide bonds. The van der Waals surface area contributed by atoms with Crippen LogP contribution in [0.15, 0.2) is 70.1 Å². The third kappa shape index (κ3) is 5.71. The Morgan fingerprint density at radius 2 is 1.46 bits per heavy atom. The Bertz CT molecular complexity index is 1520. The van der Waals surface area contributed by atoms with Gasteiger partial charge in [-0.05, 0) is 132 Å². The van der Waals surface area contributed by atoms with Crippen LogP contribution in [0.4, 0.5) is 0 Å². The first-order chi connectivity index (χ1) is 17.3. The predicted octanol–water partition coefficient (Wildman–Crippen LogP) is 9.35. The minimum Gasteiger partial charge on any atom is -0.223 e. The Kier molecular flexibility index (Phi) is 7.74. The maximum absolute atomic E-state index is 13.7. The van der Waals surface area contributed by atoms with Crippen molar-refractivity contribution >= 4 is 31.3 Å². The van der Waals surface area contributed by atoms with Gasteiger partial charge in [-0.25, -0.2) is 8.42 Å². The number of benzene rings is 3.